The second-order valence-electron chi connectivity index (χ2n) is 6.02. The summed E-state index contributed by atoms with van der Waals surface area (Å²) in [5.41, 5.74) is 4.07. The van der Waals surface area contributed by atoms with Gasteiger partial charge in [0.1, 0.15) is 5.82 Å². The lowest BCUT2D eigenvalue weighted by molar-refractivity contribution is 0.102. The van der Waals surface area contributed by atoms with E-state index in [1.807, 2.05) is 56.3 Å². The fraction of sp³-hybridized carbons (Fsp3) is 0.150. The number of benzene rings is 2. The van der Waals surface area contributed by atoms with Gasteiger partial charge in [-0.15, -0.1) is 10.2 Å². The molecular formula is C20H19ClN4O. The molecule has 0 aliphatic rings. The monoisotopic (exact) mass is 366 g/mol. The van der Waals surface area contributed by atoms with Gasteiger partial charge in [-0.1, -0.05) is 41.9 Å². The van der Waals surface area contributed by atoms with Crippen molar-refractivity contribution in [2.75, 3.05) is 10.6 Å². The molecule has 0 bridgehead atoms. The highest BCUT2D eigenvalue weighted by atomic mass is 35.5. The van der Waals surface area contributed by atoms with Gasteiger partial charge in [0.05, 0.1) is 0 Å². The number of nitrogens with one attached hydrogen (secondary N) is 2. The van der Waals surface area contributed by atoms with E-state index in [1.54, 1.807) is 12.1 Å². The second-order valence-corrected chi connectivity index (χ2v) is 6.43. The van der Waals surface area contributed by atoms with Crippen LogP contribution in [0.2, 0.25) is 5.02 Å². The van der Waals surface area contributed by atoms with E-state index in [2.05, 4.69) is 20.8 Å². The predicted molar refractivity (Wildman–Crippen MR) is 105 cm³/mol. The molecule has 3 aromatic rings. The van der Waals surface area contributed by atoms with Gasteiger partial charge in [0, 0.05) is 17.3 Å². The molecule has 26 heavy (non-hydrogen) atoms. The topological polar surface area (TPSA) is 66.9 Å². The Balaban J connectivity index is 1.64. The third-order valence-corrected chi connectivity index (χ3v) is 4.32. The van der Waals surface area contributed by atoms with E-state index in [0.717, 1.165) is 22.4 Å². The number of rotatable bonds is 5. The van der Waals surface area contributed by atoms with Crippen LogP contribution in [-0.2, 0) is 6.54 Å². The molecule has 0 aliphatic heterocycles. The lowest BCUT2D eigenvalue weighted by atomic mass is 10.1. The molecule has 132 valence electrons. The number of halogens is 1. The molecule has 0 spiro atoms. The fourth-order valence-corrected chi connectivity index (χ4v) is 2.63. The molecule has 1 aromatic heterocycles. The Morgan fingerprint density at radius 2 is 1.85 bits per heavy atom. The lowest BCUT2D eigenvalue weighted by Crippen LogP contribution is -2.15. The molecule has 2 N–H and O–H groups in total. The van der Waals surface area contributed by atoms with E-state index in [4.69, 9.17) is 11.6 Å². The second kappa shape index (κ2) is 7.97. The predicted octanol–water partition coefficient (Wildman–Crippen LogP) is 4.61. The summed E-state index contributed by atoms with van der Waals surface area (Å²) in [5.74, 6) is 0.289. The van der Waals surface area contributed by atoms with Crippen LogP contribution in [0.4, 0.5) is 11.5 Å². The van der Waals surface area contributed by atoms with Crippen LogP contribution < -0.4 is 10.6 Å². The van der Waals surface area contributed by atoms with Crippen molar-refractivity contribution >= 4 is 29.0 Å². The first-order chi connectivity index (χ1) is 12.5. The van der Waals surface area contributed by atoms with Gasteiger partial charge < -0.3 is 10.6 Å². The number of aromatic nitrogens is 2. The summed E-state index contributed by atoms with van der Waals surface area (Å²) in [4.78, 5) is 12.4. The van der Waals surface area contributed by atoms with E-state index >= 15 is 0 Å². The number of carbonyl (C=O) groups excluding carboxylic acids is 1. The summed E-state index contributed by atoms with van der Waals surface area (Å²) in [7, 11) is 0. The summed E-state index contributed by atoms with van der Waals surface area (Å²) in [5, 5.41) is 14.8. The number of carbonyl (C=O) groups is 1. The van der Waals surface area contributed by atoms with Crippen LogP contribution in [-0.4, -0.2) is 16.1 Å². The van der Waals surface area contributed by atoms with Gasteiger partial charge in [-0.25, -0.2) is 0 Å². The quantitative estimate of drug-likeness (QED) is 0.691. The van der Waals surface area contributed by atoms with Crippen molar-refractivity contribution < 1.29 is 4.79 Å². The number of nitrogens with zero attached hydrogens (tertiary/aromatic N) is 2. The minimum atomic E-state index is -0.288. The maximum atomic E-state index is 12.4. The van der Waals surface area contributed by atoms with E-state index in [0.29, 0.717) is 17.4 Å². The average molecular weight is 367 g/mol. The summed E-state index contributed by atoms with van der Waals surface area (Å²) in [6, 6.07) is 16.9. The number of anilines is 2. The van der Waals surface area contributed by atoms with Crippen molar-refractivity contribution in [1.29, 1.82) is 0 Å². The molecule has 1 amide bonds. The number of hydrogen-bond donors (Lipinski definition) is 2. The van der Waals surface area contributed by atoms with E-state index in [9.17, 15) is 4.79 Å². The molecule has 2 aromatic carbocycles. The SMILES string of the molecule is Cc1ccc(C)c(NC(=O)c2ccc(NCc3ccccc3Cl)nn2)c1. The molecule has 0 radical (unpaired) electrons. The molecule has 1 heterocycles. The first-order valence-corrected chi connectivity index (χ1v) is 8.60. The minimum Gasteiger partial charge on any atom is -0.364 e. The molecule has 0 atom stereocenters. The van der Waals surface area contributed by atoms with Gasteiger partial charge in [-0.2, -0.15) is 0 Å². The third kappa shape index (κ3) is 4.37. The Morgan fingerprint density at radius 3 is 2.58 bits per heavy atom. The molecule has 6 heteroatoms. The zero-order valence-electron chi connectivity index (χ0n) is 14.6. The minimum absolute atomic E-state index is 0.259. The highest BCUT2D eigenvalue weighted by molar-refractivity contribution is 6.31. The van der Waals surface area contributed by atoms with E-state index in [-0.39, 0.29) is 11.6 Å². The normalized spacial score (nSPS) is 10.4. The van der Waals surface area contributed by atoms with Crippen LogP contribution in [0.25, 0.3) is 0 Å². The number of amides is 1. The number of aryl methyl sites for hydroxylation is 2. The van der Waals surface area contributed by atoms with Gasteiger partial charge in [-0.05, 0) is 54.8 Å². The number of hydrogen-bond acceptors (Lipinski definition) is 4. The van der Waals surface area contributed by atoms with Crippen molar-refractivity contribution in [1.82, 2.24) is 10.2 Å². The van der Waals surface area contributed by atoms with Crippen LogP contribution in [0.1, 0.15) is 27.2 Å². The summed E-state index contributed by atoms with van der Waals surface area (Å²) < 4.78 is 0. The van der Waals surface area contributed by atoms with Crippen molar-refractivity contribution in [3.8, 4) is 0 Å². The molecule has 5 nitrogen and oxygen atoms in total. The van der Waals surface area contributed by atoms with Crippen LogP contribution in [0.3, 0.4) is 0 Å². The van der Waals surface area contributed by atoms with Crippen molar-refractivity contribution in [3.63, 3.8) is 0 Å². The molecule has 0 unspecified atom stereocenters. The van der Waals surface area contributed by atoms with Crippen molar-refractivity contribution in [2.24, 2.45) is 0 Å². The molecule has 0 saturated heterocycles. The van der Waals surface area contributed by atoms with E-state index in [1.165, 1.54) is 0 Å². The largest absolute Gasteiger partial charge is 0.364 e. The van der Waals surface area contributed by atoms with Crippen LogP contribution in [0.15, 0.2) is 54.6 Å². The van der Waals surface area contributed by atoms with Gasteiger partial charge in [0.2, 0.25) is 0 Å². The molecular weight excluding hydrogens is 348 g/mol. The van der Waals surface area contributed by atoms with Crippen LogP contribution in [0, 0.1) is 13.8 Å². The van der Waals surface area contributed by atoms with E-state index < -0.39 is 0 Å². The van der Waals surface area contributed by atoms with Crippen LogP contribution in [0.5, 0.6) is 0 Å². The smallest absolute Gasteiger partial charge is 0.276 e. The molecule has 0 fully saturated rings. The van der Waals surface area contributed by atoms with Gasteiger partial charge in [0.15, 0.2) is 5.69 Å². The van der Waals surface area contributed by atoms with Crippen LogP contribution >= 0.6 is 11.6 Å². The van der Waals surface area contributed by atoms with Gasteiger partial charge in [-0.3, -0.25) is 4.79 Å². The van der Waals surface area contributed by atoms with Gasteiger partial charge >= 0.3 is 0 Å². The highest BCUT2D eigenvalue weighted by Crippen LogP contribution is 2.18. The fourth-order valence-electron chi connectivity index (χ4n) is 2.43. The average Bonchev–Trinajstić information content (AvgIpc) is 2.64. The standard InChI is InChI=1S/C20H19ClN4O/c1-13-7-8-14(2)18(11-13)23-20(26)17-9-10-19(25-24-17)22-12-15-5-3-4-6-16(15)21/h3-11H,12H2,1-2H3,(H,22,25)(H,23,26). The highest BCUT2D eigenvalue weighted by Gasteiger charge is 2.10. The summed E-state index contributed by atoms with van der Waals surface area (Å²) in [6.45, 7) is 4.46. The molecule has 0 aliphatic carbocycles. The Morgan fingerprint density at radius 1 is 1.04 bits per heavy atom. The Hall–Kier alpha value is -2.92. The first-order valence-electron chi connectivity index (χ1n) is 8.22. The van der Waals surface area contributed by atoms with Crippen molar-refractivity contribution in [3.05, 3.63) is 82.0 Å². The first kappa shape index (κ1) is 17.9. The molecule has 0 saturated carbocycles. The summed E-state index contributed by atoms with van der Waals surface area (Å²) >= 11 is 6.13. The Labute approximate surface area is 157 Å². The Bertz CT molecular complexity index is 925. The lowest BCUT2D eigenvalue weighted by Gasteiger charge is -2.09. The van der Waals surface area contributed by atoms with Gasteiger partial charge in [0.25, 0.3) is 5.91 Å². The van der Waals surface area contributed by atoms with Crippen molar-refractivity contribution in [2.45, 2.75) is 20.4 Å². The summed E-state index contributed by atoms with van der Waals surface area (Å²) in [6.07, 6.45) is 0. The maximum Gasteiger partial charge on any atom is 0.276 e. The Kier molecular flexibility index (Phi) is 5.49. The molecule has 3 rings (SSSR count). The zero-order chi connectivity index (χ0) is 18.5. The third-order valence-electron chi connectivity index (χ3n) is 3.96. The maximum absolute atomic E-state index is 12.4. The zero-order valence-corrected chi connectivity index (χ0v) is 15.3.